The van der Waals surface area contributed by atoms with Crippen molar-refractivity contribution < 1.29 is 61.8 Å². The van der Waals surface area contributed by atoms with E-state index < -0.39 is 54.9 Å². The lowest BCUT2D eigenvalue weighted by Gasteiger charge is -2.42. The van der Waals surface area contributed by atoms with Gasteiger partial charge >= 0.3 is 23.9 Å². The van der Waals surface area contributed by atoms with Crippen LogP contribution in [-0.2, 0) is 4.74 Å². The summed E-state index contributed by atoms with van der Waals surface area (Å²) >= 11 is 0. The van der Waals surface area contributed by atoms with Crippen molar-refractivity contribution in [2.75, 3.05) is 0 Å². The lowest BCUT2D eigenvalue weighted by Crippen LogP contribution is -2.69. The number of hydrogen-bond acceptors (Lipinski definition) is 1. The summed E-state index contributed by atoms with van der Waals surface area (Å²) in [6.07, 6.45) is -26.9. The Kier molecular flexibility index (Phi) is 4.85. The maximum atomic E-state index is 13.3. The predicted octanol–water partition coefficient (Wildman–Crippen LogP) is 4.16. The van der Waals surface area contributed by atoms with Crippen LogP contribution in [0.25, 0.3) is 0 Å². The molecule has 23 heavy (non-hydrogen) atoms. The number of hydrogen-bond donors (Lipinski definition) is 0. The fourth-order valence-electron chi connectivity index (χ4n) is 1.63. The van der Waals surface area contributed by atoms with E-state index >= 15 is 0 Å². The summed E-state index contributed by atoms with van der Waals surface area (Å²) in [5.41, 5.74) is 0. The molecule has 1 aliphatic heterocycles. The van der Waals surface area contributed by atoms with Gasteiger partial charge in [-0.15, -0.1) is 0 Å². The molecule has 0 aliphatic carbocycles. The van der Waals surface area contributed by atoms with Crippen molar-refractivity contribution in [3.05, 3.63) is 0 Å². The first kappa shape index (κ1) is 20.1. The maximum Gasteiger partial charge on any atom is 0.460 e. The summed E-state index contributed by atoms with van der Waals surface area (Å²) in [7, 11) is 0. The molecule has 5 atom stereocenters. The molecule has 0 aromatic carbocycles. The Morgan fingerprint density at radius 3 is 1.39 bits per heavy atom. The molecule has 1 heterocycles. The Balaban J connectivity index is 3.29. The second kappa shape index (κ2) is 5.55. The van der Waals surface area contributed by atoms with Crippen molar-refractivity contribution in [1.82, 2.24) is 0 Å². The molecule has 5 unspecified atom stereocenters. The summed E-state index contributed by atoms with van der Waals surface area (Å²) in [6, 6.07) is 0. The molecule has 0 aromatic rings. The van der Waals surface area contributed by atoms with Crippen molar-refractivity contribution in [3.8, 4) is 0 Å². The average Bonchev–Trinajstić information content (AvgIpc) is 2.38. The van der Waals surface area contributed by atoms with E-state index in [4.69, 9.17) is 0 Å². The van der Waals surface area contributed by atoms with Crippen LogP contribution in [0.3, 0.4) is 0 Å². The largest absolute Gasteiger partial charge is 0.460 e. The van der Waals surface area contributed by atoms with Crippen LogP contribution in [0.2, 0.25) is 0 Å². The number of rotatable bonds is 3. The number of alkyl halides is 13. The van der Waals surface area contributed by atoms with Crippen molar-refractivity contribution >= 4 is 0 Å². The molecule has 138 valence electrons. The Bertz CT molecular complexity index is 432. The monoisotopic (exact) mass is 376 g/mol. The highest BCUT2D eigenvalue weighted by Gasteiger charge is 2.84. The van der Waals surface area contributed by atoms with E-state index in [1.165, 1.54) is 0 Å². The van der Waals surface area contributed by atoms with Crippen LogP contribution >= 0.6 is 0 Å². The zero-order valence-electron chi connectivity index (χ0n) is 10.2. The summed E-state index contributed by atoms with van der Waals surface area (Å²) in [6.45, 7) is 0. The fourth-order valence-corrected chi connectivity index (χ4v) is 1.63. The zero-order valence-corrected chi connectivity index (χ0v) is 10.2. The van der Waals surface area contributed by atoms with Gasteiger partial charge in [-0.25, -0.2) is 17.6 Å². The lowest BCUT2D eigenvalue weighted by atomic mass is 9.91. The number of halogens is 13. The molecule has 0 saturated carbocycles. The van der Waals surface area contributed by atoms with Gasteiger partial charge < -0.3 is 4.74 Å². The average molecular weight is 376 g/mol. The third-order valence-electron chi connectivity index (χ3n) is 2.95. The SMILES string of the molecule is FC1OC(C(F)(F)C(F)(F)C(F)(F)C(F)(F)F)C(F)C(F)C1F. The minimum Gasteiger partial charge on any atom is -0.333 e. The highest BCUT2D eigenvalue weighted by molar-refractivity contribution is 5.08. The first-order chi connectivity index (χ1) is 10.00. The van der Waals surface area contributed by atoms with Gasteiger partial charge in [0.1, 0.15) is 0 Å². The summed E-state index contributed by atoms with van der Waals surface area (Å²) < 4.78 is 168. The van der Waals surface area contributed by atoms with E-state index in [9.17, 15) is 57.1 Å². The summed E-state index contributed by atoms with van der Waals surface area (Å²) in [5, 5.41) is 0. The molecule has 0 N–H and O–H groups in total. The van der Waals surface area contributed by atoms with E-state index in [0.29, 0.717) is 0 Å². The van der Waals surface area contributed by atoms with E-state index in [-0.39, 0.29) is 0 Å². The van der Waals surface area contributed by atoms with Gasteiger partial charge in [-0.1, -0.05) is 0 Å². The van der Waals surface area contributed by atoms with Gasteiger partial charge in [0, 0.05) is 0 Å². The zero-order chi connectivity index (χ0) is 18.6. The molecule has 1 rings (SSSR count). The second-order valence-electron chi connectivity index (χ2n) is 4.51. The number of ether oxygens (including phenoxy) is 1. The van der Waals surface area contributed by atoms with E-state index in [0.717, 1.165) is 0 Å². The highest BCUT2D eigenvalue weighted by Crippen LogP contribution is 2.55. The summed E-state index contributed by atoms with van der Waals surface area (Å²) in [5.74, 6) is -21.5. The van der Waals surface area contributed by atoms with Gasteiger partial charge in [0.25, 0.3) is 0 Å². The quantitative estimate of drug-likeness (QED) is 0.673. The molecule has 0 aromatic heterocycles. The minimum atomic E-state index is -7.39. The molecule has 0 spiro atoms. The van der Waals surface area contributed by atoms with Crippen molar-refractivity contribution in [2.24, 2.45) is 0 Å². The fraction of sp³-hybridized carbons (Fsp3) is 1.00. The Labute approximate surface area is 118 Å². The van der Waals surface area contributed by atoms with Gasteiger partial charge in [-0.05, 0) is 0 Å². The Morgan fingerprint density at radius 2 is 1.00 bits per heavy atom. The third-order valence-corrected chi connectivity index (χ3v) is 2.95. The molecular formula is C9H5F13O. The normalized spacial score (nSPS) is 34.6. The van der Waals surface area contributed by atoms with Crippen LogP contribution in [0.5, 0.6) is 0 Å². The van der Waals surface area contributed by atoms with E-state index in [1.807, 2.05) is 0 Å². The molecule has 1 aliphatic rings. The second-order valence-corrected chi connectivity index (χ2v) is 4.51. The van der Waals surface area contributed by atoms with E-state index in [1.54, 1.807) is 0 Å². The van der Waals surface area contributed by atoms with Crippen LogP contribution in [0.15, 0.2) is 0 Å². The minimum absolute atomic E-state index is 3.05. The van der Waals surface area contributed by atoms with Gasteiger partial charge in [-0.3, -0.25) is 0 Å². The molecule has 1 saturated heterocycles. The Hall–Kier alpha value is -0.950. The third kappa shape index (κ3) is 2.82. The van der Waals surface area contributed by atoms with Gasteiger partial charge in [0.15, 0.2) is 24.6 Å². The molecular weight excluding hydrogens is 371 g/mol. The van der Waals surface area contributed by atoms with Crippen molar-refractivity contribution in [1.29, 1.82) is 0 Å². The molecule has 0 radical (unpaired) electrons. The van der Waals surface area contributed by atoms with Gasteiger partial charge in [0.05, 0.1) is 0 Å². The van der Waals surface area contributed by atoms with Crippen LogP contribution in [0, 0.1) is 0 Å². The van der Waals surface area contributed by atoms with Crippen molar-refractivity contribution in [3.63, 3.8) is 0 Å². The molecule has 14 heteroatoms. The van der Waals surface area contributed by atoms with Crippen LogP contribution < -0.4 is 0 Å². The van der Waals surface area contributed by atoms with Crippen LogP contribution in [-0.4, -0.2) is 54.9 Å². The van der Waals surface area contributed by atoms with Crippen molar-refractivity contribution in [2.45, 2.75) is 54.9 Å². The lowest BCUT2D eigenvalue weighted by molar-refractivity contribution is -0.417. The Morgan fingerprint density at radius 1 is 0.565 bits per heavy atom. The first-order valence-electron chi connectivity index (χ1n) is 5.42. The summed E-state index contributed by atoms with van der Waals surface area (Å²) in [4.78, 5) is 0. The van der Waals surface area contributed by atoms with Crippen LogP contribution in [0.4, 0.5) is 57.1 Å². The predicted molar refractivity (Wildman–Crippen MR) is 45.4 cm³/mol. The van der Waals surface area contributed by atoms with Gasteiger partial charge in [-0.2, -0.15) is 39.5 Å². The highest BCUT2D eigenvalue weighted by atomic mass is 19.4. The molecule has 0 amide bonds. The standard InChI is InChI=1S/C9H5F13O/c10-1-2(11)4(23-5(13)3(1)12)6(14,15)7(16,17)8(18,19)9(20,21)22/h1-5H. The molecule has 0 bridgehead atoms. The first-order valence-corrected chi connectivity index (χ1v) is 5.42. The molecule has 1 fully saturated rings. The molecule has 1 nitrogen and oxygen atoms in total. The van der Waals surface area contributed by atoms with E-state index in [2.05, 4.69) is 4.74 Å². The van der Waals surface area contributed by atoms with Crippen LogP contribution in [0.1, 0.15) is 0 Å². The topological polar surface area (TPSA) is 9.23 Å². The smallest absolute Gasteiger partial charge is 0.333 e. The van der Waals surface area contributed by atoms with Gasteiger partial charge in [0.2, 0.25) is 6.36 Å². The maximum absolute atomic E-state index is 13.3.